The van der Waals surface area contributed by atoms with Gasteiger partial charge in [0, 0.05) is 24.4 Å². The van der Waals surface area contributed by atoms with E-state index in [4.69, 9.17) is 14.9 Å². The van der Waals surface area contributed by atoms with Crippen LogP contribution in [0.15, 0.2) is 18.2 Å². The van der Waals surface area contributed by atoms with Crippen LogP contribution >= 0.6 is 0 Å². The zero-order valence-corrected chi connectivity index (χ0v) is 9.29. The molecule has 94 valence electrons. The molecule has 3 N–H and O–H groups in total. The van der Waals surface area contributed by atoms with Crippen molar-refractivity contribution in [1.29, 1.82) is 0 Å². The quantitative estimate of drug-likeness (QED) is 0.491. The van der Waals surface area contributed by atoms with Crippen LogP contribution < -0.4 is 10.1 Å². The number of anilines is 1. The Morgan fingerprint density at radius 1 is 1.53 bits per heavy atom. The summed E-state index contributed by atoms with van der Waals surface area (Å²) < 4.78 is 4.92. The summed E-state index contributed by atoms with van der Waals surface area (Å²) in [6, 6.07) is 4.19. The third-order valence-corrected chi connectivity index (χ3v) is 2.09. The highest BCUT2D eigenvalue weighted by molar-refractivity contribution is 5.56. The standard InChI is InChI=1S/C10H14N2O5/c1-17-10-3-7(11-5-9(14)6-13)2-8(4-10)12(15)16/h2-4,9,11,13-14H,5-6H2,1H3. The lowest BCUT2D eigenvalue weighted by atomic mass is 10.2. The topological polar surface area (TPSA) is 105 Å². The van der Waals surface area contributed by atoms with Gasteiger partial charge in [-0.15, -0.1) is 0 Å². The van der Waals surface area contributed by atoms with Crippen LogP contribution in [0.25, 0.3) is 0 Å². The molecule has 7 heteroatoms. The van der Waals surface area contributed by atoms with Gasteiger partial charge < -0.3 is 20.3 Å². The number of methoxy groups -OCH3 is 1. The molecular formula is C10H14N2O5. The summed E-state index contributed by atoms with van der Waals surface area (Å²) in [5.41, 5.74) is 0.342. The van der Waals surface area contributed by atoms with E-state index in [0.717, 1.165) is 0 Å². The van der Waals surface area contributed by atoms with Gasteiger partial charge in [-0.05, 0) is 0 Å². The lowest BCUT2D eigenvalue weighted by molar-refractivity contribution is -0.384. The molecule has 0 aliphatic heterocycles. The molecule has 1 unspecified atom stereocenters. The monoisotopic (exact) mass is 242 g/mol. The zero-order valence-electron chi connectivity index (χ0n) is 9.29. The zero-order chi connectivity index (χ0) is 12.8. The van der Waals surface area contributed by atoms with Crippen molar-refractivity contribution in [1.82, 2.24) is 0 Å². The van der Waals surface area contributed by atoms with Gasteiger partial charge in [-0.1, -0.05) is 0 Å². The fourth-order valence-corrected chi connectivity index (χ4v) is 1.21. The average molecular weight is 242 g/mol. The average Bonchev–Trinajstić information content (AvgIpc) is 2.35. The molecule has 1 rings (SSSR count). The number of non-ortho nitro benzene ring substituents is 1. The molecule has 1 aromatic carbocycles. The Hall–Kier alpha value is -1.86. The van der Waals surface area contributed by atoms with Gasteiger partial charge in [-0.3, -0.25) is 10.1 Å². The van der Waals surface area contributed by atoms with Gasteiger partial charge >= 0.3 is 0 Å². The molecule has 1 atom stereocenters. The number of nitrogens with zero attached hydrogens (tertiary/aromatic N) is 1. The fourth-order valence-electron chi connectivity index (χ4n) is 1.21. The largest absolute Gasteiger partial charge is 0.496 e. The number of hydrogen-bond donors (Lipinski definition) is 3. The second-order valence-electron chi connectivity index (χ2n) is 3.39. The molecule has 0 saturated heterocycles. The summed E-state index contributed by atoms with van der Waals surface area (Å²) in [6.45, 7) is -0.278. The minimum absolute atomic E-state index is 0.0980. The maximum absolute atomic E-state index is 10.6. The predicted molar refractivity (Wildman–Crippen MR) is 61.2 cm³/mol. The normalized spacial score (nSPS) is 11.9. The lowest BCUT2D eigenvalue weighted by Gasteiger charge is -2.11. The van der Waals surface area contributed by atoms with Crippen molar-refractivity contribution in [3.8, 4) is 5.75 Å². The van der Waals surface area contributed by atoms with Gasteiger partial charge in [0.25, 0.3) is 5.69 Å². The van der Waals surface area contributed by atoms with Crippen LogP contribution in [0.5, 0.6) is 5.75 Å². The van der Waals surface area contributed by atoms with Gasteiger partial charge in [-0.25, -0.2) is 0 Å². The third kappa shape index (κ3) is 3.89. The van der Waals surface area contributed by atoms with Crippen molar-refractivity contribution >= 4 is 11.4 Å². The predicted octanol–water partition coefficient (Wildman–Crippen LogP) is 0.368. The minimum atomic E-state index is -0.916. The SMILES string of the molecule is COc1cc(NCC(O)CO)cc([N+](=O)[O-])c1. The molecule has 0 saturated carbocycles. The van der Waals surface area contributed by atoms with Gasteiger partial charge in [0.2, 0.25) is 0 Å². The molecule has 17 heavy (non-hydrogen) atoms. The van der Waals surface area contributed by atoms with E-state index in [2.05, 4.69) is 5.32 Å². The molecule has 0 aliphatic carbocycles. The Bertz CT molecular complexity index is 396. The summed E-state index contributed by atoms with van der Waals surface area (Å²) in [5.74, 6) is 0.347. The summed E-state index contributed by atoms with van der Waals surface area (Å²) >= 11 is 0. The Morgan fingerprint density at radius 3 is 2.76 bits per heavy atom. The van der Waals surface area contributed by atoms with E-state index in [1.807, 2.05) is 0 Å². The van der Waals surface area contributed by atoms with Crippen molar-refractivity contribution in [2.45, 2.75) is 6.10 Å². The summed E-state index contributed by atoms with van der Waals surface area (Å²) in [6.07, 6.45) is -0.916. The van der Waals surface area contributed by atoms with Crippen molar-refractivity contribution in [3.63, 3.8) is 0 Å². The summed E-state index contributed by atoms with van der Waals surface area (Å²) in [7, 11) is 1.41. The lowest BCUT2D eigenvalue weighted by Crippen LogP contribution is -2.22. The first-order chi connectivity index (χ1) is 8.06. The van der Waals surface area contributed by atoms with Crippen molar-refractivity contribution < 1.29 is 19.9 Å². The highest BCUT2D eigenvalue weighted by Gasteiger charge is 2.10. The molecule has 0 aliphatic rings. The van der Waals surface area contributed by atoms with Crippen LogP contribution in [-0.2, 0) is 0 Å². The van der Waals surface area contributed by atoms with E-state index in [1.54, 1.807) is 6.07 Å². The number of nitro benzene ring substituents is 1. The molecule has 7 nitrogen and oxygen atoms in total. The van der Waals surface area contributed by atoms with Gasteiger partial charge in [0.05, 0.1) is 30.8 Å². The number of aliphatic hydroxyl groups excluding tert-OH is 2. The molecule has 1 aromatic rings. The van der Waals surface area contributed by atoms with Gasteiger partial charge in [0.1, 0.15) is 5.75 Å². The molecular weight excluding hydrogens is 228 g/mol. The Morgan fingerprint density at radius 2 is 2.24 bits per heavy atom. The van der Waals surface area contributed by atoms with Crippen LogP contribution in [0.2, 0.25) is 0 Å². The number of rotatable bonds is 6. The van der Waals surface area contributed by atoms with Crippen molar-refractivity contribution in [2.75, 3.05) is 25.6 Å². The van der Waals surface area contributed by atoms with Crippen molar-refractivity contribution in [3.05, 3.63) is 28.3 Å². The number of nitrogens with one attached hydrogen (secondary N) is 1. The van der Waals surface area contributed by atoms with Crippen LogP contribution in [0.4, 0.5) is 11.4 Å². The maximum atomic E-state index is 10.6. The van der Waals surface area contributed by atoms with E-state index in [1.165, 1.54) is 19.2 Å². The van der Waals surface area contributed by atoms with E-state index in [9.17, 15) is 10.1 Å². The first-order valence-corrected chi connectivity index (χ1v) is 4.93. The Labute approximate surface area is 97.8 Å². The summed E-state index contributed by atoms with van der Waals surface area (Å²) in [4.78, 5) is 10.1. The third-order valence-electron chi connectivity index (χ3n) is 2.09. The van der Waals surface area contributed by atoms with Crippen LogP contribution in [0, 0.1) is 10.1 Å². The highest BCUT2D eigenvalue weighted by Crippen LogP contribution is 2.25. The molecule has 0 aromatic heterocycles. The fraction of sp³-hybridized carbons (Fsp3) is 0.400. The van der Waals surface area contributed by atoms with E-state index in [0.29, 0.717) is 11.4 Å². The van der Waals surface area contributed by atoms with Crippen LogP contribution in [-0.4, -0.2) is 41.5 Å². The second-order valence-corrected chi connectivity index (χ2v) is 3.39. The van der Waals surface area contributed by atoms with E-state index in [-0.39, 0.29) is 18.8 Å². The minimum Gasteiger partial charge on any atom is -0.496 e. The molecule has 0 bridgehead atoms. The number of aliphatic hydroxyl groups is 2. The van der Waals surface area contributed by atoms with Crippen molar-refractivity contribution in [2.24, 2.45) is 0 Å². The van der Waals surface area contributed by atoms with Gasteiger partial charge in [-0.2, -0.15) is 0 Å². The highest BCUT2D eigenvalue weighted by atomic mass is 16.6. The van der Waals surface area contributed by atoms with E-state index < -0.39 is 11.0 Å². The first-order valence-electron chi connectivity index (χ1n) is 4.93. The maximum Gasteiger partial charge on any atom is 0.275 e. The molecule has 0 fully saturated rings. The number of benzene rings is 1. The molecule has 0 heterocycles. The van der Waals surface area contributed by atoms with E-state index >= 15 is 0 Å². The van der Waals surface area contributed by atoms with Gasteiger partial charge in [0.15, 0.2) is 0 Å². The first kappa shape index (κ1) is 13.2. The van der Waals surface area contributed by atoms with Crippen LogP contribution in [0.1, 0.15) is 0 Å². The number of hydrogen-bond acceptors (Lipinski definition) is 6. The molecule has 0 radical (unpaired) electrons. The second kappa shape index (κ2) is 6.02. The molecule has 0 amide bonds. The number of ether oxygens (including phenoxy) is 1. The molecule has 0 spiro atoms. The Kier molecular flexibility index (Phi) is 4.68. The smallest absolute Gasteiger partial charge is 0.275 e. The summed E-state index contributed by atoms with van der Waals surface area (Å²) in [5, 5.41) is 31.2. The Balaban J connectivity index is 2.83. The van der Waals surface area contributed by atoms with Crippen LogP contribution in [0.3, 0.4) is 0 Å². The number of nitro groups is 1.